The van der Waals surface area contributed by atoms with Gasteiger partial charge in [-0.25, -0.2) is 9.98 Å². The Hall–Kier alpha value is -1.60. The molecule has 2 aromatic rings. The van der Waals surface area contributed by atoms with Crippen LogP contribution in [0, 0.1) is 0 Å². The van der Waals surface area contributed by atoms with Crippen LogP contribution in [0.15, 0.2) is 34.6 Å². The van der Waals surface area contributed by atoms with Crippen molar-refractivity contribution < 1.29 is 18.0 Å². The van der Waals surface area contributed by atoms with Gasteiger partial charge in [0.25, 0.3) is 5.91 Å². The van der Waals surface area contributed by atoms with Gasteiger partial charge in [0.05, 0.1) is 17.1 Å². The summed E-state index contributed by atoms with van der Waals surface area (Å²) in [5.74, 6) is 0.120. The van der Waals surface area contributed by atoms with E-state index < -0.39 is 11.9 Å². The summed E-state index contributed by atoms with van der Waals surface area (Å²) in [5, 5.41) is 10.3. The first kappa shape index (κ1) is 25.4. The van der Waals surface area contributed by atoms with E-state index >= 15 is 0 Å². The summed E-state index contributed by atoms with van der Waals surface area (Å²) in [6.45, 7) is 3.13. The largest absolute Gasteiger partial charge is 0.434 e. The number of amides is 1. The lowest BCUT2D eigenvalue weighted by molar-refractivity contribution is -0.140. The second-order valence-corrected chi connectivity index (χ2v) is 6.83. The quantitative estimate of drug-likeness (QED) is 0.207. The highest BCUT2D eigenvalue weighted by molar-refractivity contribution is 14.0. The minimum atomic E-state index is -4.46. The number of nitrogens with one attached hydrogen (secondary N) is 3. The number of guanidine groups is 1. The summed E-state index contributed by atoms with van der Waals surface area (Å²) in [4.78, 5) is 19.8. The third-order valence-electron chi connectivity index (χ3n) is 3.38. The summed E-state index contributed by atoms with van der Waals surface area (Å²) in [5.41, 5.74) is -0.531. The minimum absolute atomic E-state index is 0. The van der Waals surface area contributed by atoms with Crippen LogP contribution in [0.3, 0.4) is 0 Å². The molecule has 1 aromatic heterocycles. The maximum absolute atomic E-state index is 12.6. The first-order valence-corrected chi connectivity index (χ1v) is 9.63. The number of halogens is 5. The molecule has 12 heteroatoms. The van der Waals surface area contributed by atoms with Crippen LogP contribution in [-0.4, -0.2) is 36.5 Å². The van der Waals surface area contributed by atoms with Crippen molar-refractivity contribution >= 4 is 58.8 Å². The van der Waals surface area contributed by atoms with E-state index in [1.54, 1.807) is 24.3 Å². The van der Waals surface area contributed by atoms with Gasteiger partial charge in [-0.1, -0.05) is 23.7 Å². The van der Waals surface area contributed by atoms with Gasteiger partial charge >= 0.3 is 6.18 Å². The first-order valence-electron chi connectivity index (χ1n) is 8.37. The van der Waals surface area contributed by atoms with Gasteiger partial charge in [-0.15, -0.1) is 35.3 Å². The lowest BCUT2D eigenvalue weighted by Crippen LogP contribution is -2.41. The fraction of sp³-hybridized carbons (Fsp3) is 0.353. The van der Waals surface area contributed by atoms with Crippen LogP contribution in [-0.2, 0) is 12.7 Å². The maximum Gasteiger partial charge on any atom is 0.434 e. The van der Waals surface area contributed by atoms with E-state index in [0.717, 1.165) is 16.7 Å². The third-order valence-corrected chi connectivity index (χ3v) is 4.54. The number of rotatable bonds is 7. The molecule has 1 heterocycles. The number of aromatic nitrogens is 1. The average Bonchev–Trinajstić information content (AvgIpc) is 3.13. The van der Waals surface area contributed by atoms with Crippen LogP contribution < -0.4 is 16.0 Å². The number of carbonyl (C=O) groups is 1. The van der Waals surface area contributed by atoms with Gasteiger partial charge in [0.1, 0.15) is 5.01 Å². The standard InChI is InChI=1S/C17H19ClF3N5OS.HI/c1-2-22-16(25-9-14-26-13(10-28-14)17(19,20)21)24-8-7-23-15(27)11-5-3-4-6-12(11)18;/h3-6,10H,2,7-9H2,1H3,(H,23,27)(H2,22,24,25);1H. The molecule has 1 amide bonds. The Bertz CT molecular complexity index is 831. The molecule has 0 radical (unpaired) electrons. The zero-order chi connectivity index (χ0) is 20.6. The van der Waals surface area contributed by atoms with E-state index in [-0.39, 0.29) is 41.4 Å². The van der Waals surface area contributed by atoms with E-state index in [1.165, 1.54) is 0 Å². The lowest BCUT2D eigenvalue weighted by atomic mass is 10.2. The molecule has 0 spiro atoms. The summed E-state index contributed by atoms with van der Waals surface area (Å²) in [6.07, 6.45) is -4.46. The molecule has 29 heavy (non-hydrogen) atoms. The van der Waals surface area contributed by atoms with Crippen LogP contribution >= 0.6 is 46.9 Å². The number of carbonyl (C=O) groups excluding carboxylic acids is 1. The van der Waals surface area contributed by atoms with Gasteiger partial charge in [-0.2, -0.15) is 13.2 Å². The van der Waals surface area contributed by atoms with Crippen molar-refractivity contribution in [2.75, 3.05) is 19.6 Å². The Morgan fingerprint density at radius 2 is 1.90 bits per heavy atom. The SMILES string of the molecule is CCNC(=NCc1nc(C(F)(F)F)cs1)NCCNC(=O)c1ccccc1Cl.I. The van der Waals surface area contributed by atoms with Gasteiger partial charge in [0.15, 0.2) is 11.7 Å². The third kappa shape index (κ3) is 8.34. The van der Waals surface area contributed by atoms with Crippen molar-refractivity contribution in [2.24, 2.45) is 4.99 Å². The fourth-order valence-corrected chi connectivity index (χ4v) is 3.05. The molecule has 6 nitrogen and oxygen atoms in total. The molecule has 0 unspecified atom stereocenters. The van der Waals surface area contributed by atoms with Gasteiger partial charge in [0.2, 0.25) is 0 Å². The van der Waals surface area contributed by atoms with Crippen molar-refractivity contribution in [3.63, 3.8) is 0 Å². The van der Waals surface area contributed by atoms with Crippen LogP contribution in [0.25, 0.3) is 0 Å². The highest BCUT2D eigenvalue weighted by Gasteiger charge is 2.33. The molecular weight excluding hydrogens is 542 g/mol. The van der Waals surface area contributed by atoms with Crippen molar-refractivity contribution in [3.05, 3.63) is 50.9 Å². The van der Waals surface area contributed by atoms with E-state index in [4.69, 9.17) is 11.6 Å². The molecule has 0 aliphatic carbocycles. The fourth-order valence-electron chi connectivity index (χ4n) is 2.10. The zero-order valence-electron chi connectivity index (χ0n) is 15.3. The van der Waals surface area contributed by atoms with Crippen molar-refractivity contribution in [3.8, 4) is 0 Å². The summed E-state index contributed by atoms with van der Waals surface area (Å²) in [6, 6.07) is 6.71. The molecule has 0 aliphatic heterocycles. The van der Waals surface area contributed by atoms with Crippen LogP contribution in [0.5, 0.6) is 0 Å². The minimum Gasteiger partial charge on any atom is -0.357 e. The van der Waals surface area contributed by atoms with Gasteiger partial charge in [0, 0.05) is 25.0 Å². The Kier molecular flexibility index (Phi) is 10.7. The predicted octanol–water partition coefficient (Wildman–Crippen LogP) is 3.92. The second-order valence-electron chi connectivity index (χ2n) is 5.48. The average molecular weight is 562 g/mol. The summed E-state index contributed by atoms with van der Waals surface area (Å²) < 4.78 is 37.7. The van der Waals surface area contributed by atoms with Crippen molar-refractivity contribution in [1.29, 1.82) is 0 Å². The molecule has 0 aliphatic rings. The number of benzene rings is 1. The summed E-state index contributed by atoms with van der Waals surface area (Å²) in [7, 11) is 0. The molecular formula is C17H20ClF3IN5OS. The highest BCUT2D eigenvalue weighted by Crippen LogP contribution is 2.30. The predicted molar refractivity (Wildman–Crippen MR) is 119 cm³/mol. The van der Waals surface area contributed by atoms with Crippen LogP contribution in [0.4, 0.5) is 13.2 Å². The smallest absolute Gasteiger partial charge is 0.357 e. The molecule has 0 atom stereocenters. The highest BCUT2D eigenvalue weighted by atomic mass is 127. The van der Waals surface area contributed by atoms with E-state index in [9.17, 15) is 18.0 Å². The van der Waals surface area contributed by atoms with E-state index in [2.05, 4.69) is 25.9 Å². The molecule has 0 bridgehead atoms. The second kappa shape index (κ2) is 12.2. The molecule has 0 saturated carbocycles. The van der Waals surface area contributed by atoms with E-state index in [1.807, 2.05) is 6.92 Å². The molecule has 3 N–H and O–H groups in total. The number of aliphatic imine (C=N–C) groups is 1. The molecule has 160 valence electrons. The van der Waals surface area contributed by atoms with Crippen molar-refractivity contribution in [1.82, 2.24) is 20.9 Å². The van der Waals surface area contributed by atoms with Crippen LogP contribution in [0.2, 0.25) is 5.02 Å². The van der Waals surface area contributed by atoms with Gasteiger partial charge in [-0.3, -0.25) is 4.79 Å². The lowest BCUT2D eigenvalue weighted by Gasteiger charge is -2.12. The number of thiazole rings is 1. The number of hydrogen-bond acceptors (Lipinski definition) is 4. The van der Waals surface area contributed by atoms with E-state index in [0.29, 0.717) is 36.2 Å². The Labute approximate surface area is 192 Å². The number of hydrogen-bond donors (Lipinski definition) is 3. The molecule has 0 saturated heterocycles. The zero-order valence-corrected chi connectivity index (χ0v) is 19.2. The Balaban J connectivity index is 0.00000420. The first-order chi connectivity index (χ1) is 13.3. The Morgan fingerprint density at radius 1 is 1.21 bits per heavy atom. The number of alkyl halides is 3. The van der Waals surface area contributed by atoms with Gasteiger partial charge in [-0.05, 0) is 19.1 Å². The molecule has 2 rings (SSSR count). The normalized spacial score (nSPS) is 11.6. The summed E-state index contributed by atoms with van der Waals surface area (Å²) >= 11 is 6.88. The Morgan fingerprint density at radius 3 is 2.52 bits per heavy atom. The van der Waals surface area contributed by atoms with Gasteiger partial charge < -0.3 is 16.0 Å². The maximum atomic E-state index is 12.6. The molecule has 0 fully saturated rings. The molecule has 1 aromatic carbocycles. The van der Waals surface area contributed by atoms with Crippen molar-refractivity contribution in [2.45, 2.75) is 19.6 Å². The number of nitrogens with zero attached hydrogens (tertiary/aromatic N) is 2. The van der Waals surface area contributed by atoms with Crippen LogP contribution in [0.1, 0.15) is 28.0 Å². The topological polar surface area (TPSA) is 78.4 Å². The monoisotopic (exact) mass is 561 g/mol.